The number of carbonyl (C=O) groups excluding carboxylic acids is 1. The lowest BCUT2D eigenvalue weighted by Crippen LogP contribution is -2.50. The van der Waals surface area contributed by atoms with Gasteiger partial charge in [-0.2, -0.15) is 0 Å². The van der Waals surface area contributed by atoms with E-state index in [1.165, 1.54) is 27.0 Å². The number of halogens is 2. The number of benzene rings is 1. The number of carboxylic acid groups (broad SMARTS) is 1. The van der Waals surface area contributed by atoms with Crippen molar-refractivity contribution in [1.29, 1.82) is 0 Å². The van der Waals surface area contributed by atoms with E-state index in [0.29, 0.717) is 5.56 Å². The first-order valence-electron chi connectivity index (χ1n) is 6.10. The fraction of sp³-hybridized carbons (Fsp3) is 0.429. The normalized spacial score (nSPS) is 11.2. The van der Waals surface area contributed by atoms with E-state index in [1.54, 1.807) is 0 Å². The summed E-state index contributed by atoms with van der Waals surface area (Å²) in [5, 5.41) is 9.03. The Kier molecular flexibility index (Phi) is 4.81. The first kappa shape index (κ1) is 16.1. The molecule has 0 unspecified atom stereocenters. The van der Waals surface area contributed by atoms with Crippen molar-refractivity contribution in [2.45, 2.75) is 32.2 Å². The van der Waals surface area contributed by atoms with Crippen LogP contribution in [0.5, 0.6) is 0 Å². The van der Waals surface area contributed by atoms with Crippen LogP contribution in [-0.4, -0.2) is 34.5 Å². The number of aryl methyl sites for hydroxylation is 1. The highest BCUT2D eigenvalue weighted by molar-refractivity contribution is 5.86. The van der Waals surface area contributed by atoms with Crippen LogP contribution in [0, 0.1) is 11.6 Å². The molecule has 0 aliphatic carbocycles. The second-order valence-electron chi connectivity index (χ2n) is 5.07. The van der Waals surface area contributed by atoms with Gasteiger partial charge in [0.2, 0.25) is 5.91 Å². The van der Waals surface area contributed by atoms with Crippen molar-refractivity contribution in [2.24, 2.45) is 0 Å². The molecule has 1 amide bonds. The SMILES string of the molecule is CN(C(=O)CCc1ccc(F)c(F)c1)C(C)(C)C(=O)O. The van der Waals surface area contributed by atoms with Crippen molar-refractivity contribution in [2.75, 3.05) is 7.05 Å². The fourth-order valence-electron chi connectivity index (χ4n) is 1.57. The Morgan fingerprint density at radius 1 is 1.25 bits per heavy atom. The number of carboxylic acids is 1. The summed E-state index contributed by atoms with van der Waals surface area (Å²) in [6.07, 6.45) is 0.244. The van der Waals surface area contributed by atoms with Gasteiger partial charge in [-0.15, -0.1) is 0 Å². The lowest BCUT2D eigenvalue weighted by Gasteiger charge is -2.31. The maximum atomic E-state index is 13.0. The highest BCUT2D eigenvalue weighted by Crippen LogP contribution is 2.16. The number of amides is 1. The third-order valence-corrected chi connectivity index (χ3v) is 3.35. The first-order valence-corrected chi connectivity index (χ1v) is 6.10. The molecule has 110 valence electrons. The van der Waals surface area contributed by atoms with Gasteiger partial charge in [0.25, 0.3) is 0 Å². The van der Waals surface area contributed by atoms with E-state index in [1.807, 2.05) is 0 Å². The number of nitrogens with zero attached hydrogens (tertiary/aromatic N) is 1. The zero-order valence-electron chi connectivity index (χ0n) is 11.6. The third kappa shape index (κ3) is 3.53. The van der Waals surface area contributed by atoms with Gasteiger partial charge in [-0.05, 0) is 38.0 Å². The molecule has 0 spiro atoms. The Bertz CT molecular complexity index is 529. The Morgan fingerprint density at radius 2 is 1.85 bits per heavy atom. The number of likely N-dealkylation sites (N-methyl/N-ethyl adjacent to an activating group) is 1. The lowest BCUT2D eigenvalue weighted by molar-refractivity contribution is -0.155. The predicted octanol–water partition coefficient (Wildman–Crippen LogP) is 2.22. The van der Waals surface area contributed by atoms with Crippen molar-refractivity contribution in [1.82, 2.24) is 4.90 Å². The lowest BCUT2D eigenvalue weighted by atomic mass is 10.0. The second kappa shape index (κ2) is 5.98. The summed E-state index contributed by atoms with van der Waals surface area (Å²) in [5.41, 5.74) is -0.829. The summed E-state index contributed by atoms with van der Waals surface area (Å²) in [6, 6.07) is 3.43. The molecule has 0 radical (unpaired) electrons. The molecule has 6 heteroatoms. The van der Waals surface area contributed by atoms with Gasteiger partial charge < -0.3 is 10.0 Å². The summed E-state index contributed by atoms with van der Waals surface area (Å²) in [6.45, 7) is 2.84. The van der Waals surface area contributed by atoms with Crippen molar-refractivity contribution in [3.05, 3.63) is 35.4 Å². The minimum Gasteiger partial charge on any atom is -0.480 e. The minimum absolute atomic E-state index is 0.0261. The summed E-state index contributed by atoms with van der Waals surface area (Å²) in [4.78, 5) is 24.1. The van der Waals surface area contributed by atoms with Crippen LogP contribution in [0.25, 0.3) is 0 Å². The molecule has 1 aromatic rings. The molecule has 0 saturated carbocycles. The standard InChI is InChI=1S/C14H17F2NO3/c1-14(2,13(19)20)17(3)12(18)7-5-9-4-6-10(15)11(16)8-9/h4,6,8H,5,7H2,1-3H3,(H,19,20). The van der Waals surface area contributed by atoms with E-state index in [9.17, 15) is 18.4 Å². The molecule has 0 bridgehead atoms. The van der Waals surface area contributed by atoms with Crippen molar-refractivity contribution in [3.63, 3.8) is 0 Å². The Labute approximate surface area is 116 Å². The average Bonchev–Trinajstić information content (AvgIpc) is 2.38. The molecular weight excluding hydrogens is 268 g/mol. The maximum Gasteiger partial charge on any atom is 0.329 e. The van der Waals surface area contributed by atoms with Crippen LogP contribution in [0.3, 0.4) is 0 Å². The van der Waals surface area contributed by atoms with Crippen LogP contribution in [0.15, 0.2) is 18.2 Å². The highest BCUT2D eigenvalue weighted by atomic mass is 19.2. The van der Waals surface area contributed by atoms with E-state index in [-0.39, 0.29) is 18.7 Å². The molecule has 1 rings (SSSR count). The van der Waals surface area contributed by atoms with Gasteiger partial charge >= 0.3 is 5.97 Å². The van der Waals surface area contributed by atoms with Crippen molar-refractivity contribution < 1.29 is 23.5 Å². The van der Waals surface area contributed by atoms with E-state index < -0.39 is 23.1 Å². The molecule has 1 N–H and O–H groups in total. The van der Waals surface area contributed by atoms with Crippen LogP contribution in [-0.2, 0) is 16.0 Å². The number of aliphatic carboxylic acids is 1. The number of rotatable bonds is 5. The Balaban J connectivity index is 2.67. The highest BCUT2D eigenvalue weighted by Gasteiger charge is 2.34. The first-order chi connectivity index (χ1) is 9.16. The minimum atomic E-state index is -1.31. The topological polar surface area (TPSA) is 57.6 Å². The van der Waals surface area contributed by atoms with Crippen LogP contribution in [0.1, 0.15) is 25.8 Å². The average molecular weight is 285 g/mol. The van der Waals surface area contributed by atoms with E-state index >= 15 is 0 Å². The Hall–Kier alpha value is -1.98. The molecule has 0 aliphatic rings. The zero-order chi connectivity index (χ0) is 15.5. The number of carbonyl (C=O) groups is 2. The molecule has 0 aromatic heterocycles. The second-order valence-corrected chi connectivity index (χ2v) is 5.07. The number of hydrogen-bond acceptors (Lipinski definition) is 2. The molecular formula is C14H17F2NO3. The van der Waals surface area contributed by atoms with Crippen molar-refractivity contribution in [3.8, 4) is 0 Å². The van der Waals surface area contributed by atoms with Gasteiger partial charge in [0.1, 0.15) is 5.54 Å². The molecule has 0 heterocycles. The maximum absolute atomic E-state index is 13.0. The van der Waals surface area contributed by atoms with Crippen LogP contribution in [0.4, 0.5) is 8.78 Å². The van der Waals surface area contributed by atoms with Crippen LogP contribution >= 0.6 is 0 Å². The molecule has 0 atom stereocenters. The molecule has 1 aromatic carbocycles. The van der Waals surface area contributed by atoms with Crippen LogP contribution in [0.2, 0.25) is 0 Å². The summed E-state index contributed by atoms with van der Waals surface area (Å²) < 4.78 is 25.8. The smallest absolute Gasteiger partial charge is 0.329 e. The van der Waals surface area contributed by atoms with Gasteiger partial charge in [-0.3, -0.25) is 4.79 Å². The third-order valence-electron chi connectivity index (χ3n) is 3.35. The van der Waals surface area contributed by atoms with Crippen molar-refractivity contribution >= 4 is 11.9 Å². The summed E-state index contributed by atoms with van der Waals surface area (Å²) in [7, 11) is 1.40. The molecule has 0 aliphatic heterocycles. The quantitative estimate of drug-likeness (QED) is 0.902. The number of hydrogen-bond donors (Lipinski definition) is 1. The molecule has 0 fully saturated rings. The van der Waals surface area contributed by atoms with E-state index in [0.717, 1.165) is 17.0 Å². The van der Waals surface area contributed by atoms with Gasteiger partial charge in [0, 0.05) is 13.5 Å². The largest absolute Gasteiger partial charge is 0.480 e. The predicted molar refractivity (Wildman–Crippen MR) is 69.2 cm³/mol. The monoisotopic (exact) mass is 285 g/mol. The Morgan fingerprint density at radius 3 is 2.35 bits per heavy atom. The fourth-order valence-corrected chi connectivity index (χ4v) is 1.57. The summed E-state index contributed by atoms with van der Waals surface area (Å²) >= 11 is 0. The van der Waals surface area contributed by atoms with E-state index in [2.05, 4.69) is 0 Å². The molecule has 4 nitrogen and oxygen atoms in total. The molecule has 20 heavy (non-hydrogen) atoms. The van der Waals surface area contributed by atoms with Gasteiger partial charge in [-0.1, -0.05) is 6.07 Å². The molecule has 0 saturated heterocycles. The van der Waals surface area contributed by atoms with E-state index in [4.69, 9.17) is 5.11 Å². The zero-order valence-corrected chi connectivity index (χ0v) is 11.6. The summed E-state index contributed by atoms with van der Waals surface area (Å²) in [5.74, 6) is -3.39. The van der Waals surface area contributed by atoms with Gasteiger partial charge in [0.05, 0.1) is 0 Å². The van der Waals surface area contributed by atoms with Gasteiger partial charge in [-0.25, -0.2) is 13.6 Å². The van der Waals surface area contributed by atoms with Gasteiger partial charge in [0.15, 0.2) is 11.6 Å². The van der Waals surface area contributed by atoms with Crippen LogP contribution < -0.4 is 0 Å².